The molecule has 0 radical (unpaired) electrons. The summed E-state index contributed by atoms with van der Waals surface area (Å²) in [5.41, 5.74) is 7.44. The van der Waals surface area contributed by atoms with Gasteiger partial charge in [-0.25, -0.2) is 4.39 Å². The highest BCUT2D eigenvalue weighted by atomic mass is 19.1. The molecule has 0 fully saturated rings. The first-order chi connectivity index (χ1) is 17.7. The Morgan fingerprint density at radius 3 is 2.62 bits per heavy atom. The summed E-state index contributed by atoms with van der Waals surface area (Å²) in [6.07, 6.45) is 1.85. The van der Waals surface area contributed by atoms with E-state index in [-0.39, 0.29) is 12.3 Å². The number of fused-ring (bicyclic) bond motifs is 2. The maximum absolute atomic E-state index is 15.3. The molecule has 3 aromatic rings. The third-order valence-corrected chi connectivity index (χ3v) is 7.63. The largest absolute Gasteiger partial charge is 0.496 e. The van der Waals surface area contributed by atoms with Crippen LogP contribution in [0.25, 0.3) is 11.1 Å². The number of carbonyl (C=O) groups is 2. The summed E-state index contributed by atoms with van der Waals surface area (Å²) in [5.74, 6) is -0.608. The van der Waals surface area contributed by atoms with E-state index in [2.05, 4.69) is 0 Å². The molecule has 7 heteroatoms. The Labute approximate surface area is 215 Å². The number of aryl methyl sites for hydroxylation is 1. The number of ether oxygens (including phenoxy) is 2. The summed E-state index contributed by atoms with van der Waals surface area (Å²) >= 11 is 0. The smallest absolute Gasteiger partial charge is 0.307 e. The van der Waals surface area contributed by atoms with Gasteiger partial charge in [-0.05, 0) is 97.7 Å². The van der Waals surface area contributed by atoms with Crippen LogP contribution in [-0.2, 0) is 24.1 Å². The fourth-order valence-electron chi connectivity index (χ4n) is 5.77. The van der Waals surface area contributed by atoms with Crippen molar-refractivity contribution in [3.05, 3.63) is 75.1 Å². The lowest BCUT2D eigenvalue weighted by Gasteiger charge is -2.25. The minimum absolute atomic E-state index is 0.145. The summed E-state index contributed by atoms with van der Waals surface area (Å²) in [6.45, 7) is 6.58. The van der Waals surface area contributed by atoms with E-state index in [0.29, 0.717) is 54.2 Å². The van der Waals surface area contributed by atoms with Crippen LogP contribution in [0.1, 0.15) is 50.2 Å². The molecule has 0 atom stereocenters. The van der Waals surface area contributed by atoms with Crippen LogP contribution in [0.4, 0.5) is 10.1 Å². The van der Waals surface area contributed by atoms with Gasteiger partial charge in [0.05, 0.1) is 20.1 Å². The number of hydrogen-bond acceptors (Lipinski definition) is 4. The van der Waals surface area contributed by atoms with Gasteiger partial charge in [0, 0.05) is 28.9 Å². The second-order valence-electron chi connectivity index (χ2n) is 9.75. The van der Waals surface area contributed by atoms with Crippen molar-refractivity contribution in [3.8, 4) is 22.6 Å². The van der Waals surface area contributed by atoms with Crippen molar-refractivity contribution < 1.29 is 28.6 Å². The van der Waals surface area contributed by atoms with E-state index in [1.165, 1.54) is 6.07 Å². The topological polar surface area (TPSA) is 76.1 Å². The molecule has 0 spiro atoms. The Kier molecular flexibility index (Phi) is 6.40. The Morgan fingerprint density at radius 1 is 1.11 bits per heavy atom. The normalized spacial score (nSPS) is 14.1. The van der Waals surface area contributed by atoms with Gasteiger partial charge < -0.3 is 19.5 Å². The molecule has 0 aliphatic carbocycles. The number of methoxy groups -OCH3 is 1. The Morgan fingerprint density at radius 2 is 1.89 bits per heavy atom. The molecule has 1 amide bonds. The van der Waals surface area contributed by atoms with E-state index in [1.54, 1.807) is 24.1 Å². The number of rotatable bonds is 5. The van der Waals surface area contributed by atoms with Crippen LogP contribution in [0, 0.1) is 26.6 Å². The van der Waals surface area contributed by atoms with Crippen molar-refractivity contribution in [1.82, 2.24) is 0 Å². The molecule has 5 rings (SSSR count). The molecule has 37 heavy (non-hydrogen) atoms. The zero-order valence-electron chi connectivity index (χ0n) is 21.5. The number of benzene rings is 3. The summed E-state index contributed by atoms with van der Waals surface area (Å²) in [4.78, 5) is 27.3. The molecule has 3 aromatic carbocycles. The minimum Gasteiger partial charge on any atom is -0.496 e. The molecule has 0 aromatic heterocycles. The minimum atomic E-state index is -0.957. The summed E-state index contributed by atoms with van der Waals surface area (Å²) in [6, 6.07) is 8.76. The zero-order chi connectivity index (χ0) is 26.4. The van der Waals surface area contributed by atoms with E-state index in [0.717, 1.165) is 45.5 Å². The van der Waals surface area contributed by atoms with Crippen molar-refractivity contribution >= 4 is 17.6 Å². The van der Waals surface area contributed by atoms with E-state index in [9.17, 15) is 14.7 Å². The average Bonchev–Trinajstić information content (AvgIpc) is 3.29. The molecule has 6 nitrogen and oxygen atoms in total. The molecule has 2 aliphatic rings. The number of amides is 1. The van der Waals surface area contributed by atoms with Crippen molar-refractivity contribution in [1.29, 1.82) is 0 Å². The van der Waals surface area contributed by atoms with Crippen LogP contribution in [0.3, 0.4) is 0 Å². The number of anilines is 1. The Bertz CT molecular complexity index is 1440. The monoisotopic (exact) mass is 503 g/mol. The van der Waals surface area contributed by atoms with Gasteiger partial charge in [0.1, 0.15) is 5.75 Å². The van der Waals surface area contributed by atoms with Gasteiger partial charge >= 0.3 is 5.97 Å². The molecule has 0 bridgehead atoms. The van der Waals surface area contributed by atoms with Crippen molar-refractivity contribution in [3.63, 3.8) is 0 Å². The summed E-state index contributed by atoms with van der Waals surface area (Å²) < 4.78 is 26.3. The van der Waals surface area contributed by atoms with Crippen LogP contribution < -0.4 is 14.4 Å². The Balaban J connectivity index is 1.71. The number of hydrogen-bond donors (Lipinski definition) is 1. The number of carboxylic acids is 1. The van der Waals surface area contributed by atoms with Crippen LogP contribution in [-0.4, -0.2) is 37.2 Å². The lowest BCUT2D eigenvalue weighted by atomic mass is 9.84. The quantitative estimate of drug-likeness (QED) is 0.492. The molecule has 0 unspecified atom stereocenters. The molecule has 2 heterocycles. The molecule has 1 N–H and O–H groups in total. The predicted molar refractivity (Wildman–Crippen MR) is 140 cm³/mol. The lowest BCUT2D eigenvalue weighted by Crippen LogP contribution is -2.29. The second kappa shape index (κ2) is 9.54. The number of nitrogens with zero attached hydrogens (tertiary/aromatic N) is 1. The molecule has 192 valence electrons. The third kappa shape index (κ3) is 4.12. The van der Waals surface area contributed by atoms with Gasteiger partial charge in [-0.2, -0.15) is 0 Å². The summed E-state index contributed by atoms with van der Waals surface area (Å²) in [5, 5.41) is 9.73. The first kappa shape index (κ1) is 24.8. The number of carboxylic acid groups (broad SMARTS) is 1. The van der Waals surface area contributed by atoms with Gasteiger partial charge in [-0.15, -0.1) is 0 Å². The first-order valence-corrected chi connectivity index (χ1v) is 12.5. The van der Waals surface area contributed by atoms with Gasteiger partial charge in [0.15, 0.2) is 11.6 Å². The lowest BCUT2D eigenvalue weighted by molar-refractivity contribution is -0.136. The maximum atomic E-state index is 15.3. The fraction of sp³-hybridized carbons (Fsp3) is 0.333. The SMILES string of the molecule is COc1cccc(C(=O)N2CCc3c2cc(C)c(CC(=O)O)c3-c2cc(F)c3c(c2C)CCCO3)c1C. The second-order valence-corrected chi connectivity index (χ2v) is 9.75. The standard InChI is InChI=1S/C30H30FNO5/c1-16-13-25-21(10-11-32(25)30(35)20-7-5-9-26(36-4)18(20)3)28(22(16)15-27(33)34)23-14-24(31)29-19(17(23)2)8-6-12-37-29/h5,7,9,13-14H,6,8,10-12,15H2,1-4H3,(H,33,34). The predicted octanol–water partition coefficient (Wildman–Crippen LogP) is 5.58. The fourth-order valence-corrected chi connectivity index (χ4v) is 5.77. The zero-order valence-corrected chi connectivity index (χ0v) is 21.5. The van der Waals surface area contributed by atoms with E-state index in [1.807, 2.05) is 32.9 Å². The van der Waals surface area contributed by atoms with Gasteiger partial charge in [-0.1, -0.05) is 6.07 Å². The number of aliphatic carboxylic acids is 1. The van der Waals surface area contributed by atoms with E-state index in [4.69, 9.17) is 9.47 Å². The van der Waals surface area contributed by atoms with Crippen molar-refractivity contribution in [2.24, 2.45) is 0 Å². The molecule has 0 saturated carbocycles. The van der Waals surface area contributed by atoms with E-state index < -0.39 is 11.8 Å². The van der Waals surface area contributed by atoms with Gasteiger partial charge in [0.25, 0.3) is 5.91 Å². The van der Waals surface area contributed by atoms with Gasteiger partial charge in [-0.3, -0.25) is 9.59 Å². The highest BCUT2D eigenvalue weighted by Crippen LogP contribution is 2.45. The van der Waals surface area contributed by atoms with Gasteiger partial charge in [0.2, 0.25) is 0 Å². The van der Waals surface area contributed by atoms with Crippen LogP contribution in [0.5, 0.6) is 11.5 Å². The van der Waals surface area contributed by atoms with E-state index >= 15 is 4.39 Å². The number of carbonyl (C=O) groups excluding carboxylic acids is 1. The number of halogens is 1. The van der Waals surface area contributed by atoms with Crippen LogP contribution >= 0.6 is 0 Å². The van der Waals surface area contributed by atoms with Crippen molar-refractivity contribution in [2.75, 3.05) is 25.2 Å². The third-order valence-electron chi connectivity index (χ3n) is 7.63. The first-order valence-electron chi connectivity index (χ1n) is 12.5. The van der Waals surface area contributed by atoms with Crippen LogP contribution in [0.2, 0.25) is 0 Å². The molecule has 2 aliphatic heterocycles. The van der Waals surface area contributed by atoms with Crippen LogP contribution in [0.15, 0.2) is 30.3 Å². The highest BCUT2D eigenvalue weighted by Gasteiger charge is 2.33. The Hall–Kier alpha value is -3.87. The average molecular weight is 504 g/mol. The molecule has 0 saturated heterocycles. The molecular weight excluding hydrogens is 473 g/mol. The van der Waals surface area contributed by atoms with Crippen molar-refractivity contribution in [2.45, 2.75) is 46.5 Å². The summed E-state index contributed by atoms with van der Waals surface area (Å²) in [7, 11) is 1.58. The highest BCUT2D eigenvalue weighted by molar-refractivity contribution is 6.09. The molecular formula is C30H30FNO5. The maximum Gasteiger partial charge on any atom is 0.307 e.